The maximum atomic E-state index is 5.06. The fraction of sp³-hybridized carbons (Fsp3) is 0.545. The molecule has 3 heteroatoms. The second-order valence-electron chi connectivity index (χ2n) is 4.48. The van der Waals surface area contributed by atoms with Crippen LogP contribution in [0.3, 0.4) is 0 Å². The summed E-state index contributed by atoms with van der Waals surface area (Å²) < 4.78 is 5.06. The van der Waals surface area contributed by atoms with Crippen LogP contribution in [0.25, 0.3) is 0 Å². The summed E-state index contributed by atoms with van der Waals surface area (Å²) in [6, 6.07) is 4.49. The van der Waals surface area contributed by atoms with Crippen LogP contribution in [0.4, 0.5) is 5.69 Å². The van der Waals surface area contributed by atoms with E-state index in [1.54, 1.807) is 13.3 Å². The monoisotopic (exact) mass is 192 g/mol. The third kappa shape index (κ3) is 1.81. The minimum Gasteiger partial charge on any atom is -0.481 e. The molecule has 0 saturated heterocycles. The first-order chi connectivity index (χ1) is 6.62. The molecule has 1 aliphatic carbocycles. The Balaban J connectivity index is 2.03. The molecule has 1 unspecified atom stereocenters. The molecule has 0 amide bonds. The summed E-state index contributed by atoms with van der Waals surface area (Å²) in [6.07, 6.45) is 2.99. The Morgan fingerprint density at radius 1 is 1.57 bits per heavy atom. The quantitative estimate of drug-likeness (QED) is 0.798. The largest absolute Gasteiger partial charge is 0.481 e. The molecule has 0 radical (unpaired) electrons. The molecule has 0 aliphatic heterocycles. The van der Waals surface area contributed by atoms with Crippen molar-refractivity contribution in [2.45, 2.75) is 26.3 Å². The maximum absolute atomic E-state index is 5.06. The number of methoxy groups -OCH3 is 1. The predicted octanol–water partition coefficient (Wildman–Crippen LogP) is 2.30. The summed E-state index contributed by atoms with van der Waals surface area (Å²) in [5, 5.41) is 3.46. The Labute approximate surface area is 84.5 Å². The second-order valence-corrected chi connectivity index (χ2v) is 4.48. The van der Waals surface area contributed by atoms with Crippen molar-refractivity contribution in [3.05, 3.63) is 18.3 Å². The van der Waals surface area contributed by atoms with E-state index in [2.05, 4.69) is 24.1 Å². The number of anilines is 1. The fourth-order valence-corrected chi connectivity index (χ4v) is 1.53. The molecule has 1 atom stereocenters. The third-order valence-electron chi connectivity index (χ3n) is 2.80. The van der Waals surface area contributed by atoms with Gasteiger partial charge in [-0.15, -0.1) is 0 Å². The minimum atomic E-state index is 0.441. The van der Waals surface area contributed by atoms with Crippen LogP contribution in [0.5, 0.6) is 5.88 Å². The summed E-state index contributed by atoms with van der Waals surface area (Å²) in [5.41, 5.74) is 1.53. The highest BCUT2D eigenvalue weighted by Gasteiger charge is 2.45. The number of ether oxygens (including phenoxy) is 1. The van der Waals surface area contributed by atoms with Crippen molar-refractivity contribution in [3.63, 3.8) is 0 Å². The molecule has 3 nitrogen and oxygen atoms in total. The van der Waals surface area contributed by atoms with Gasteiger partial charge in [-0.2, -0.15) is 0 Å². The highest BCUT2D eigenvalue weighted by atomic mass is 16.5. The van der Waals surface area contributed by atoms with E-state index in [0.717, 1.165) is 5.69 Å². The van der Waals surface area contributed by atoms with Gasteiger partial charge in [0.2, 0.25) is 5.88 Å². The highest BCUT2D eigenvalue weighted by molar-refractivity contribution is 5.47. The van der Waals surface area contributed by atoms with Gasteiger partial charge < -0.3 is 10.1 Å². The smallest absolute Gasteiger partial charge is 0.214 e. The first-order valence-electron chi connectivity index (χ1n) is 4.88. The second kappa shape index (κ2) is 3.15. The van der Waals surface area contributed by atoms with Crippen LogP contribution >= 0.6 is 0 Å². The van der Waals surface area contributed by atoms with Crippen molar-refractivity contribution in [1.29, 1.82) is 0 Å². The van der Waals surface area contributed by atoms with Gasteiger partial charge in [0.05, 0.1) is 7.11 Å². The molecule has 1 aromatic heterocycles. The van der Waals surface area contributed by atoms with E-state index in [9.17, 15) is 0 Å². The molecule has 0 bridgehead atoms. The van der Waals surface area contributed by atoms with Gasteiger partial charge in [-0.25, -0.2) is 4.98 Å². The van der Waals surface area contributed by atoms with E-state index in [-0.39, 0.29) is 0 Å². The summed E-state index contributed by atoms with van der Waals surface area (Å²) in [7, 11) is 1.63. The van der Waals surface area contributed by atoms with Gasteiger partial charge in [0, 0.05) is 24.0 Å². The van der Waals surface area contributed by atoms with Crippen molar-refractivity contribution >= 4 is 5.69 Å². The fourth-order valence-electron chi connectivity index (χ4n) is 1.53. The van der Waals surface area contributed by atoms with Crippen molar-refractivity contribution in [3.8, 4) is 5.88 Å². The lowest BCUT2D eigenvalue weighted by Crippen LogP contribution is -2.08. The molecule has 1 aromatic rings. The summed E-state index contributed by atoms with van der Waals surface area (Å²) in [4.78, 5) is 4.06. The minimum absolute atomic E-state index is 0.441. The van der Waals surface area contributed by atoms with Crippen LogP contribution in [0.15, 0.2) is 18.3 Å². The zero-order chi connectivity index (χ0) is 10.2. The normalized spacial score (nSPS) is 22.9. The van der Waals surface area contributed by atoms with Crippen LogP contribution in [0.2, 0.25) is 0 Å². The van der Waals surface area contributed by atoms with E-state index in [1.165, 1.54) is 6.42 Å². The molecular formula is C11H16N2O. The van der Waals surface area contributed by atoms with E-state index in [1.807, 2.05) is 12.1 Å². The first kappa shape index (κ1) is 9.31. The van der Waals surface area contributed by atoms with Gasteiger partial charge in [-0.3, -0.25) is 0 Å². The van der Waals surface area contributed by atoms with Gasteiger partial charge in [0.15, 0.2) is 0 Å². The number of hydrogen-bond donors (Lipinski definition) is 1. The Kier molecular flexibility index (Phi) is 2.10. The van der Waals surface area contributed by atoms with E-state index < -0.39 is 0 Å². The van der Waals surface area contributed by atoms with E-state index in [4.69, 9.17) is 4.74 Å². The lowest BCUT2D eigenvalue weighted by Gasteiger charge is -2.08. The molecular weight excluding hydrogens is 176 g/mol. The van der Waals surface area contributed by atoms with Crippen LogP contribution < -0.4 is 10.1 Å². The molecule has 1 aliphatic rings. The number of aromatic nitrogens is 1. The molecule has 2 rings (SSSR count). The summed E-state index contributed by atoms with van der Waals surface area (Å²) in [6.45, 7) is 4.53. The van der Waals surface area contributed by atoms with Gasteiger partial charge in [-0.05, 0) is 17.9 Å². The summed E-state index contributed by atoms with van der Waals surface area (Å²) in [5.74, 6) is 0.661. The van der Waals surface area contributed by atoms with Gasteiger partial charge in [0.25, 0.3) is 0 Å². The van der Waals surface area contributed by atoms with E-state index >= 15 is 0 Å². The van der Waals surface area contributed by atoms with Crippen molar-refractivity contribution in [2.24, 2.45) is 5.41 Å². The predicted molar refractivity (Wildman–Crippen MR) is 56.6 cm³/mol. The highest BCUT2D eigenvalue weighted by Crippen LogP contribution is 2.46. The number of rotatable bonds is 3. The third-order valence-corrected chi connectivity index (χ3v) is 2.80. The molecule has 0 spiro atoms. The number of nitrogens with one attached hydrogen (secondary N) is 1. The lowest BCUT2D eigenvalue weighted by molar-refractivity contribution is 0.398. The van der Waals surface area contributed by atoms with Crippen LogP contribution in [-0.4, -0.2) is 18.1 Å². The molecule has 1 fully saturated rings. The Bertz CT molecular complexity index is 336. The topological polar surface area (TPSA) is 34.1 Å². The Morgan fingerprint density at radius 3 is 2.86 bits per heavy atom. The molecule has 1 N–H and O–H groups in total. The van der Waals surface area contributed by atoms with Gasteiger partial charge >= 0.3 is 0 Å². The van der Waals surface area contributed by atoms with E-state index in [0.29, 0.717) is 17.3 Å². The zero-order valence-corrected chi connectivity index (χ0v) is 8.87. The maximum Gasteiger partial charge on any atom is 0.214 e. The molecule has 0 aromatic carbocycles. The average Bonchev–Trinajstić information content (AvgIpc) is 2.74. The summed E-state index contributed by atoms with van der Waals surface area (Å²) >= 11 is 0. The molecule has 1 heterocycles. The Hall–Kier alpha value is -1.25. The molecule has 14 heavy (non-hydrogen) atoms. The lowest BCUT2D eigenvalue weighted by atomic mass is 10.2. The standard InChI is InChI=1S/C11H16N2O/c1-11(2)7-9(11)13-8-4-5-12-10(6-8)14-3/h4-6,9H,7H2,1-3H3,(H,12,13). The van der Waals surface area contributed by atoms with Crippen molar-refractivity contribution < 1.29 is 4.74 Å². The van der Waals surface area contributed by atoms with Crippen LogP contribution in [-0.2, 0) is 0 Å². The molecule has 76 valence electrons. The Morgan fingerprint density at radius 2 is 2.29 bits per heavy atom. The van der Waals surface area contributed by atoms with Gasteiger partial charge in [0.1, 0.15) is 0 Å². The number of pyridine rings is 1. The van der Waals surface area contributed by atoms with Crippen molar-refractivity contribution in [2.75, 3.05) is 12.4 Å². The van der Waals surface area contributed by atoms with Gasteiger partial charge in [-0.1, -0.05) is 13.8 Å². The SMILES string of the molecule is COc1cc(NC2CC2(C)C)ccn1. The number of nitrogens with zero attached hydrogens (tertiary/aromatic N) is 1. The zero-order valence-electron chi connectivity index (χ0n) is 8.87. The van der Waals surface area contributed by atoms with Crippen LogP contribution in [0.1, 0.15) is 20.3 Å². The van der Waals surface area contributed by atoms with Crippen molar-refractivity contribution in [1.82, 2.24) is 4.98 Å². The molecule has 1 saturated carbocycles. The average molecular weight is 192 g/mol. The van der Waals surface area contributed by atoms with Crippen LogP contribution in [0, 0.1) is 5.41 Å². The first-order valence-corrected chi connectivity index (χ1v) is 4.88. The number of hydrogen-bond acceptors (Lipinski definition) is 3.